The summed E-state index contributed by atoms with van der Waals surface area (Å²) in [4.78, 5) is 22.3. The van der Waals surface area contributed by atoms with Crippen molar-refractivity contribution in [2.45, 2.75) is 0 Å². The van der Waals surface area contributed by atoms with E-state index in [0.29, 0.717) is 11.5 Å². The molecule has 3 aromatic rings. The molecule has 0 spiro atoms. The molecule has 0 bridgehead atoms. The maximum atomic E-state index is 12.3. The van der Waals surface area contributed by atoms with Crippen LogP contribution in [0, 0.1) is 10.1 Å². The van der Waals surface area contributed by atoms with Gasteiger partial charge in [0.1, 0.15) is 11.5 Å². The Morgan fingerprint density at radius 2 is 1.70 bits per heavy atom. The van der Waals surface area contributed by atoms with Gasteiger partial charge >= 0.3 is 5.69 Å². The largest absolute Gasteiger partial charge is 0.504 e. The van der Waals surface area contributed by atoms with Gasteiger partial charge in [-0.05, 0) is 41.1 Å². The molecule has 0 heterocycles. The molecule has 0 aliphatic rings. The minimum atomic E-state index is -0.888. The van der Waals surface area contributed by atoms with Gasteiger partial charge in [-0.2, -0.15) is 0 Å². The van der Waals surface area contributed by atoms with E-state index in [0.717, 1.165) is 22.9 Å². The highest BCUT2D eigenvalue weighted by atomic mass is 16.6. The number of phenolic OH excluding ortho intramolecular Hbond substituents is 2. The minimum absolute atomic E-state index is 0.139. The Bertz CT molecular complexity index is 1050. The van der Waals surface area contributed by atoms with Crippen LogP contribution in [-0.2, 0) is 0 Å². The molecule has 27 heavy (non-hydrogen) atoms. The molecule has 3 rings (SSSR count). The predicted molar refractivity (Wildman–Crippen MR) is 96.8 cm³/mol. The van der Waals surface area contributed by atoms with E-state index in [4.69, 9.17) is 9.47 Å². The number of benzene rings is 3. The molecular formula is C19H15NO7. The zero-order valence-electron chi connectivity index (χ0n) is 14.2. The maximum Gasteiger partial charge on any atom is 0.315 e. The first kappa shape index (κ1) is 18.0. The van der Waals surface area contributed by atoms with Gasteiger partial charge in [0.15, 0.2) is 12.4 Å². The molecule has 0 aliphatic carbocycles. The number of nitro benzene ring substituents is 1. The van der Waals surface area contributed by atoms with Crippen molar-refractivity contribution >= 4 is 22.2 Å². The SMILES string of the molecule is COc1ccc2ccc(OCC(=O)c3cc(O)c(O)c([N+](=O)[O-])c3)cc2c1. The zero-order chi connectivity index (χ0) is 19.6. The van der Waals surface area contributed by atoms with E-state index < -0.39 is 34.5 Å². The number of nitrogens with zero attached hydrogens (tertiary/aromatic N) is 1. The first-order chi connectivity index (χ1) is 12.9. The van der Waals surface area contributed by atoms with Gasteiger partial charge in [0.25, 0.3) is 0 Å². The van der Waals surface area contributed by atoms with E-state index in [9.17, 15) is 25.1 Å². The van der Waals surface area contributed by atoms with Gasteiger partial charge in [-0.3, -0.25) is 14.9 Å². The highest BCUT2D eigenvalue weighted by Crippen LogP contribution is 2.36. The van der Waals surface area contributed by atoms with E-state index in [1.54, 1.807) is 19.2 Å². The third-order valence-corrected chi connectivity index (χ3v) is 3.98. The molecule has 3 aromatic carbocycles. The average Bonchev–Trinajstić information content (AvgIpc) is 2.67. The molecule has 8 heteroatoms. The zero-order valence-corrected chi connectivity index (χ0v) is 14.2. The number of rotatable bonds is 6. The van der Waals surface area contributed by atoms with E-state index in [1.165, 1.54) is 0 Å². The second-order valence-electron chi connectivity index (χ2n) is 5.71. The van der Waals surface area contributed by atoms with Gasteiger partial charge in [0.05, 0.1) is 12.0 Å². The lowest BCUT2D eigenvalue weighted by molar-refractivity contribution is -0.386. The fraction of sp³-hybridized carbons (Fsp3) is 0.105. The Balaban J connectivity index is 1.79. The van der Waals surface area contributed by atoms with Crippen LogP contribution < -0.4 is 9.47 Å². The molecule has 0 aromatic heterocycles. The number of nitro groups is 1. The third kappa shape index (κ3) is 3.74. The predicted octanol–water partition coefficient (Wildman–Crippen LogP) is 3.43. The summed E-state index contributed by atoms with van der Waals surface area (Å²) in [5, 5.41) is 31.8. The Morgan fingerprint density at radius 3 is 2.37 bits per heavy atom. The van der Waals surface area contributed by atoms with Gasteiger partial charge in [0.2, 0.25) is 11.5 Å². The van der Waals surface area contributed by atoms with Crippen LogP contribution in [0.15, 0.2) is 48.5 Å². The van der Waals surface area contributed by atoms with E-state index in [1.807, 2.05) is 24.3 Å². The van der Waals surface area contributed by atoms with Crippen LogP contribution in [0.4, 0.5) is 5.69 Å². The van der Waals surface area contributed by atoms with Crippen LogP contribution in [0.5, 0.6) is 23.0 Å². The van der Waals surface area contributed by atoms with Gasteiger partial charge in [-0.1, -0.05) is 12.1 Å². The van der Waals surface area contributed by atoms with Crippen molar-refractivity contribution in [3.05, 3.63) is 64.2 Å². The number of hydrogen-bond acceptors (Lipinski definition) is 7. The Kier molecular flexibility index (Phi) is 4.80. The fourth-order valence-corrected chi connectivity index (χ4v) is 2.56. The smallest absolute Gasteiger partial charge is 0.315 e. The summed E-state index contributed by atoms with van der Waals surface area (Å²) in [5.41, 5.74) is -0.893. The van der Waals surface area contributed by atoms with Crippen molar-refractivity contribution in [2.24, 2.45) is 0 Å². The molecule has 2 N–H and O–H groups in total. The molecular weight excluding hydrogens is 354 g/mol. The lowest BCUT2D eigenvalue weighted by atomic mass is 10.1. The molecule has 0 aliphatic heterocycles. The summed E-state index contributed by atoms with van der Waals surface area (Å²) >= 11 is 0. The van der Waals surface area contributed by atoms with Crippen LogP contribution in [0.1, 0.15) is 10.4 Å². The molecule has 0 unspecified atom stereocenters. The number of aromatic hydroxyl groups is 2. The van der Waals surface area contributed by atoms with Gasteiger partial charge in [0, 0.05) is 11.6 Å². The van der Waals surface area contributed by atoms with Gasteiger partial charge < -0.3 is 19.7 Å². The summed E-state index contributed by atoms with van der Waals surface area (Å²) in [6.45, 7) is -0.392. The lowest BCUT2D eigenvalue weighted by Gasteiger charge is -2.08. The lowest BCUT2D eigenvalue weighted by Crippen LogP contribution is -2.12. The monoisotopic (exact) mass is 369 g/mol. The van der Waals surface area contributed by atoms with Crippen molar-refractivity contribution in [3.63, 3.8) is 0 Å². The number of ketones is 1. The average molecular weight is 369 g/mol. The van der Waals surface area contributed by atoms with Gasteiger partial charge in [-0.15, -0.1) is 0 Å². The molecule has 8 nitrogen and oxygen atoms in total. The highest BCUT2D eigenvalue weighted by molar-refractivity contribution is 5.98. The number of hydrogen-bond donors (Lipinski definition) is 2. The van der Waals surface area contributed by atoms with Crippen LogP contribution >= 0.6 is 0 Å². The van der Waals surface area contributed by atoms with E-state index in [2.05, 4.69) is 0 Å². The van der Waals surface area contributed by atoms with Gasteiger partial charge in [-0.25, -0.2) is 0 Å². The number of phenols is 2. The molecule has 138 valence electrons. The topological polar surface area (TPSA) is 119 Å². The summed E-state index contributed by atoms with van der Waals surface area (Å²) in [5.74, 6) is -1.10. The van der Waals surface area contributed by atoms with Crippen LogP contribution in [-0.4, -0.2) is 34.6 Å². The number of ether oxygens (including phenoxy) is 2. The minimum Gasteiger partial charge on any atom is -0.504 e. The number of carbonyl (C=O) groups is 1. The number of Topliss-reactive ketones (excluding diaryl/α,β-unsaturated/α-hetero) is 1. The molecule has 0 atom stereocenters. The fourth-order valence-electron chi connectivity index (χ4n) is 2.56. The first-order valence-electron chi connectivity index (χ1n) is 7.83. The number of fused-ring (bicyclic) bond motifs is 1. The Labute approximate surface area is 153 Å². The van der Waals surface area contributed by atoms with Crippen molar-refractivity contribution < 1.29 is 29.4 Å². The van der Waals surface area contributed by atoms with E-state index in [-0.39, 0.29) is 5.56 Å². The molecule has 0 fully saturated rings. The van der Waals surface area contributed by atoms with Crippen molar-refractivity contribution in [1.29, 1.82) is 0 Å². The van der Waals surface area contributed by atoms with Crippen molar-refractivity contribution in [2.75, 3.05) is 13.7 Å². The first-order valence-corrected chi connectivity index (χ1v) is 7.83. The molecule has 0 saturated carbocycles. The standard InChI is InChI=1S/C19H15NO7/c1-26-14-4-2-11-3-5-15(7-12(11)6-14)27-10-18(22)13-8-16(20(24)25)19(23)17(21)9-13/h2-9,21,23H,10H2,1H3. The quantitative estimate of drug-likeness (QED) is 0.296. The summed E-state index contributed by atoms with van der Waals surface area (Å²) < 4.78 is 10.6. The maximum absolute atomic E-state index is 12.3. The third-order valence-electron chi connectivity index (χ3n) is 3.98. The Morgan fingerprint density at radius 1 is 1.04 bits per heavy atom. The highest BCUT2D eigenvalue weighted by Gasteiger charge is 2.21. The Hall–Kier alpha value is -3.81. The second kappa shape index (κ2) is 7.20. The van der Waals surface area contributed by atoms with Crippen LogP contribution in [0.25, 0.3) is 10.8 Å². The molecule has 0 amide bonds. The second-order valence-corrected chi connectivity index (χ2v) is 5.71. The normalized spacial score (nSPS) is 10.6. The number of carbonyl (C=O) groups excluding carboxylic acids is 1. The van der Waals surface area contributed by atoms with E-state index >= 15 is 0 Å². The van der Waals surface area contributed by atoms with Crippen molar-refractivity contribution in [1.82, 2.24) is 0 Å². The van der Waals surface area contributed by atoms with Crippen LogP contribution in [0.2, 0.25) is 0 Å². The molecule has 0 radical (unpaired) electrons. The summed E-state index contributed by atoms with van der Waals surface area (Å²) in [6, 6.07) is 12.7. The van der Waals surface area contributed by atoms with Crippen molar-refractivity contribution in [3.8, 4) is 23.0 Å². The summed E-state index contributed by atoms with van der Waals surface area (Å²) in [7, 11) is 1.56. The number of methoxy groups -OCH3 is 1. The summed E-state index contributed by atoms with van der Waals surface area (Å²) in [6.07, 6.45) is 0. The molecule has 0 saturated heterocycles. The van der Waals surface area contributed by atoms with Crippen LogP contribution in [0.3, 0.4) is 0 Å².